The Balaban J connectivity index is 1.75. The summed E-state index contributed by atoms with van der Waals surface area (Å²) < 4.78 is 0. The van der Waals surface area contributed by atoms with E-state index in [9.17, 15) is 9.59 Å². The number of hydrogen-bond acceptors (Lipinski definition) is 2. The van der Waals surface area contributed by atoms with Gasteiger partial charge in [-0.3, -0.25) is 9.59 Å². The van der Waals surface area contributed by atoms with Crippen molar-refractivity contribution in [3.05, 3.63) is 41.5 Å². The second-order valence-corrected chi connectivity index (χ2v) is 8.46. The van der Waals surface area contributed by atoms with Crippen molar-refractivity contribution in [2.24, 2.45) is 17.3 Å². The fourth-order valence-corrected chi connectivity index (χ4v) is 4.11. The van der Waals surface area contributed by atoms with Crippen molar-refractivity contribution < 1.29 is 9.59 Å². The number of rotatable bonds is 4. The first-order valence-electron chi connectivity index (χ1n) is 9.66. The molecule has 1 N–H and O–H groups in total. The monoisotopic (exact) mass is 354 g/mol. The van der Waals surface area contributed by atoms with Crippen LogP contribution in [0.2, 0.25) is 0 Å². The molecule has 0 aromatic heterocycles. The molecule has 2 aliphatic rings. The number of amides is 2. The molecular weight excluding hydrogens is 324 g/mol. The molecule has 1 aliphatic heterocycles. The molecule has 1 saturated heterocycles. The summed E-state index contributed by atoms with van der Waals surface area (Å²) in [6, 6.07) is 7.38. The average molecular weight is 354 g/mol. The smallest absolute Gasteiger partial charge is 0.255 e. The number of carbonyl (C=O) groups is 2. The summed E-state index contributed by atoms with van der Waals surface area (Å²) >= 11 is 0. The Hall–Kier alpha value is -2.10. The third-order valence-corrected chi connectivity index (χ3v) is 5.76. The molecule has 1 aromatic carbocycles. The molecule has 2 fully saturated rings. The van der Waals surface area contributed by atoms with Crippen LogP contribution in [0.4, 0.5) is 5.69 Å². The van der Waals surface area contributed by atoms with Crippen molar-refractivity contribution in [3.8, 4) is 0 Å². The summed E-state index contributed by atoms with van der Waals surface area (Å²) in [6.45, 7) is 10.0. The summed E-state index contributed by atoms with van der Waals surface area (Å²) in [5, 5.41) is 3.04. The summed E-state index contributed by atoms with van der Waals surface area (Å²) in [7, 11) is 0. The van der Waals surface area contributed by atoms with Crippen LogP contribution in [0.3, 0.4) is 0 Å². The van der Waals surface area contributed by atoms with Crippen molar-refractivity contribution in [2.75, 3.05) is 18.4 Å². The largest absolute Gasteiger partial charge is 0.339 e. The highest BCUT2D eigenvalue weighted by molar-refractivity contribution is 6.05. The van der Waals surface area contributed by atoms with E-state index in [2.05, 4.69) is 39.1 Å². The third-order valence-electron chi connectivity index (χ3n) is 5.76. The van der Waals surface area contributed by atoms with Crippen molar-refractivity contribution in [2.45, 2.75) is 47.0 Å². The topological polar surface area (TPSA) is 49.4 Å². The maximum atomic E-state index is 12.9. The van der Waals surface area contributed by atoms with Crippen LogP contribution in [-0.4, -0.2) is 29.8 Å². The van der Waals surface area contributed by atoms with Crippen LogP contribution in [-0.2, 0) is 4.79 Å². The van der Waals surface area contributed by atoms with Gasteiger partial charge in [-0.05, 0) is 56.6 Å². The molecule has 1 aliphatic carbocycles. The minimum Gasteiger partial charge on any atom is -0.339 e. The zero-order valence-corrected chi connectivity index (χ0v) is 16.3. The number of para-hydroxylation sites is 1. The Labute approximate surface area is 156 Å². The van der Waals surface area contributed by atoms with Crippen LogP contribution < -0.4 is 5.32 Å². The predicted molar refractivity (Wildman–Crippen MR) is 105 cm³/mol. The fraction of sp³-hybridized carbons (Fsp3) is 0.545. The SMILES string of the molecule is CC(C)=C[C@@H]1[C@H](C(=O)Nc2ccccc2C(=O)N2CCCCC2)C1(C)C. The predicted octanol–water partition coefficient (Wildman–Crippen LogP) is 4.49. The first-order valence-corrected chi connectivity index (χ1v) is 9.66. The molecule has 0 spiro atoms. The lowest BCUT2D eigenvalue weighted by atomic mass is 10.1. The molecule has 2 amide bonds. The molecule has 26 heavy (non-hydrogen) atoms. The molecular formula is C22H30N2O2. The average Bonchev–Trinajstić information content (AvgIpc) is 3.15. The van der Waals surface area contributed by atoms with Crippen molar-refractivity contribution in [1.29, 1.82) is 0 Å². The van der Waals surface area contributed by atoms with Gasteiger partial charge in [-0.25, -0.2) is 0 Å². The highest BCUT2D eigenvalue weighted by Crippen LogP contribution is 2.59. The highest BCUT2D eigenvalue weighted by atomic mass is 16.2. The molecule has 2 atom stereocenters. The first kappa shape index (κ1) is 18.7. The van der Waals surface area contributed by atoms with Gasteiger partial charge < -0.3 is 10.2 Å². The Morgan fingerprint density at radius 3 is 2.42 bits per heavy atom. The van der Waals surface area contributed by atoms with Crippen LogP contribution in [0.25, 0.3) is 0 Å². The quantitative estimate of drug-likeness (QED) is 0.810. The molecule has 4 nitrogen and oxygen atoms in total. The van der Waals surface area contributed by atoms with Crippen LogP contribution in [0.5, 0.6) is 0 Å². The normalized spacial score (nSPS) is 23.9. The van der Waals surface area contributed by atoms with Crippen LogP contribution in [0, 0.1) is 17.3 Å². The van der Waals surface area contributed by atoms with E-state index in [0.717, 1.165) is 25.9 Å². The van der Waals surface area contributed by atoms with Crippen LogP contribution >= 0.6 is 0 Å². The van der Waals surface area contributed by atoms with E-state index in [-0.39, 0.29) is 29.1 Å². The molecule has 0 bridgehead atoms. The van der Waals surface area contributed by atoms with Crippen molar-refractivity contribution >= 4 is 17.5 Å². The molecule has 140 valence electrons. The lowest BCUT2D eigenvalue weighted by Gasteiger charge is -2.27. The summed E-state index contributed by atoms with van der Waals surface area (Å²) in [5.74, 6) is 0.251. The van der Waals surface area contributed by atoms with Gasteiger partial charge in [0.2, 0.25) is 5.91 Å². The van der Waals surface area contributed by atoms with Gasteiger partial charge >= 0.3 is 0 Å². The Morgan fingerprint density at radius 1 is 1.12 bits per heavy atom. The van der Waals surface area contributed by atoms with Gasteiger partial charge in [-0.2, -0.15) is 0 Å². The van der Waals surface area contributed by atoms with E-state index in [0.29, 0.717) is 11.3 Å². The molecule has 0 unspecified atom stereocenters. The molecule has 1 saturated carbocycles. The van der Waals surface area contributed by atoms with E-state index < -0.39 is 0 Å². The summed E-state index contributed by atoms with van der Waals surface area (Å²) in [4.78, 5) is 27.7. The van der Waals surface area contributed by atoms with Gasteiger partial charge in [0, 0.05) is 13.1 Å². The molecule has 0 radical (unpaired) electrons. The number of nitrogens with one attached hydrogen (secondary N) is 1. The number of allylic oxidation sites excluding steroid dienone is 2. The number of nitrogens with zero attached hydrogens (tertiary/aromatic N) is 1. The van der Waals surface area contributed by atoms with Crippen LogP contribution in [0.1, 0.15) is 57.3 Å². The van der Waals surface area contributed by atoms with Gasteiger partial charge in [0.25, 0.3) is 5.91 Å². The van der Waals surface area contributed by atoms with Gasteiger partial charge in [0.05, 0.1) is 17.2 Å². The maximum absolute atomic E-state index is 12.9. The van der Waals surface area contributed by atoms with Crippen LogP contribution in [0.15, 0.2) is 35.9 Å². The fourth-order valence-electron chi connectivity index (χ4n) is 4.11. The number of benzene rings is 1. The van der Waals surface area contributed by atoms with Gasteiger partial charge in [-0.15, -0.1) is 0 Å². The second kappa shape index (κ2) is 7.26. The van der Waals surface area contributed by atoms with E-state index in [4.69, 9.17) is 0 Å². The molecule has 3 rings (SSSR count). The molecule has 1 aromatic rings. The van der Waals surface area contributed by atoms with Gasteiger partial charge in [-0.1, -0.05) is 37.6 Å². The molecule has 1 heterocycles. The van der Waals surface area contributed by atoms with E-state index >= 15 is 0 Å². The first-order chi connectivity index (χ1) is 12.3. The molecule has 4 heteroatoms. The highest BCUT2D eigenvalue weighted by Gasteiger charge is 2.60. The zero-order valence-electron chi connectivity index (χ0n) is 16.3. The second-order valence-electron chi connectivity index (χ2n) is 8.46. The van der Waals surface area contributed by atoms with Gasteiger partial charge in [0.1, 0.15) is 0 Å². The summed E-state index contributed by atoms with van der Waals surface area (Å²) in [5.41, 5.74) is 2.43. The lowest BCUT2D eigenvalue weighted by Crippen LogP contribution is -2.36. The minimum absolute atomic E-state index is 0.0106. The number of likely N-dealkylation sites (tertiary alicyclic amines) is 1. The Bertz CT molecular complexity index is 725. The third kappa shape index (κ3) is 3.69. The van der Waals surface area contributed by atoms with E-state index in [1.165, 1.54) is 12.0 Å². The maximum Gasteiger partial charge on any atom is 0.255 e. The minimum atomic E-state index is -0.0458. The number of hydrogen-bond donors (Lipinski definition) is 1. The van der Waals surface area contributed by atoms with Gasteiger partial charge in [0.15, 0.2) is 0 Å². The van der Waals surface area contributed by atoms with Crippen molar-refractivity contribution in [1.82, 2.24) is 4.90 Å². The lowest BCUT2D eigenvalue weighted by molar-refractivity contribution is -0.118. The van der Waals surface area contributed by atoms with Crippen molar-refractivity contribution in [3.63, 3.8) is 0 Å². The number of carbonyl (C=O) groups excluding carboxylic acids is 2. The standard InChI is InChI=1S/C22H30N2O2/c1-15(2)14-17-19(22(17,3)4)20(25)23-18-11-7-6-10-16(18)21(26)24-12-8-5-9-13-24/h6-7,10-11,14,17,19H,5,8-9,12-13H2,1-4H3,(H,23,25)/t17-,19-/m1/s1. The number of piperidine rings is 1. The summed E-state index contributed by atoms with van der Waals surface area (Å²) in [6.07, 6.45) is 5.49. The zero-order chi connectivity index (χ0) is 18.9. The van der Waals surface area contributed by atoms with E-state index in [1.54, 1.807) is 0 Å². The Morgan fingerprint density at radius 2 is 1.77 bits per heavy atom. The number of anilines is 1. The Kier molecular flexibility index (Phi) is 5.22. The van der Waals surface area contributed by atoms with E-state index in [1.807, 2.05) is 29.2 Å².